The van der Waals surface area contributed by atoms with E-state index in [0.29, 0.717) is 20.4 Å². The molecule has 0 radical (unpaired) electrons. The minimum atomic E-state index is -0.482. The van der Waals surface area contributed by atoms with Gasteiger partial charge in [-0.1, -0.05) is 22.9 Å². The van der Waals surface area contributed by atoms with Crippen LogP contribution in [0.4, 0.5) is 5.69 Å². The fourth-order valence-electron chi connectivity index (χ4n) is 1.70. The summed E-state index contributed by atoms with van der Waals surface area (Å²) in [7, 11) is 0. The molecular weight excluding hydrogens is 312 g/mol. The maximum absolute atomic E-state index is 11.8. The zero-order chi connectivity index (χ0) is 15.6. The molecule has 2 aromatic rings. The molecule has 1 aromatic heterocycles. The van der Waals surface area contributed by atoms with Gasteiger partial charge in [-0.25, -0.2) is 9.56 Å². The third-order valence-electron chi connectivity index (χ3n) is 2.55. The Morgan fingerprint density at radius 3 is 2.38 bits per heavy atom. The first kappa shape index (κ1) is 15.5. The molecule has 1 heterocycles. The standard InChI is InChI=1S/C14H13ClN2O3S/c1-8-13(20-10(3)19)17(9(2)18)14(21-8)16-12-6-4-11(15)5-7-12/h4-7H,1-3H3. The van der Waals surface area contributed by atoms with Crippen LogP contribution in [0, 0.1) is 6.92 Å². The molecule has 110 valence electrons. The number of esters is 1. The maximum atomic E-state index is 11.8. The predicted octanol–water partition coefficient (Wildman–Crippen LogP) is 3.33. The van der Waals surface area contributed by atoms with Crippen molar-refractivity contribution in [3.8, 4) is 5.88 Å². The van der Waals surface area contributed by atoms with E-state index in [1.165, 1.54) is 29.8 Å². The van der Waals surface area contributed by atoms with Crippen LogP contribution < -0.4 is 9.54 Å². The number of carbonyl (C=O) groups excluding carboxylic acids is 2. The summed E-state index contributed by atoms with van der Waals surface area (Å²) in [5.74, 6) is -0.542. The van der Waals surface area contributed by atoms with Gasteiger partial charge in [0.2, 0.25) is 11.8 Å². The van der Waals surface area contributed by atoms with E-state index in [1.807, 2.05) is 0 Å². The number of benzene rings is 1. The Kier molecular flexibility index (Phi) is 4.59. The molecule has 0 unspecified atom stereocenters. The quantitative estimate of drug-likeness (QED) is 0.796. The predicted molar refractivity (Wildman–Crippen MR) is 81.3 cm³/mol. The second kappa shape index (κ2) is 6.24. The van der Waals surface area contributed by atoms with E-state index in [1.54, 1.807) is 31.2 Å². The van der Waals surface area contributed by atoms with Crippen molar-refractivity contribution in [2.45, 2.75) is 20.8 Å². The van der Waals surface area contributed by atoms with E-state index in [0.717, 1.165) is 0 Å². The highest BCUT2D eigenvalue weighted by Gasteiger charge is 2.17. The lowest BCUT2D eigenvalue weighted by atomic mass is 10.3. The first-order valence-corrected chi connectivity index (χ1v) is 7.30. The minimum Gasteiger partial charge on any atom is -0.408 e. The molecular formula is C14H13ClN2O3S. The van der Waals surface area contributed by atoms with E-state index in [2.05, 4.69) is 4.99 Å². The van der Waals surface area contributed by atoms with Gasteiger partial charge in [0.25, 0.3) is 0 Å². The summed E-state index contributed by atoms with van der Waals surface area (Å²) in [5.41, 5.74) is 0.657. The van der Waals surface area contributed by atoms with Crippen molar-refractivity contribution < 1.29 is 14.3 Å². The van der Waals surface area contributed by atoms with Crippen molar-refractivity contribution in [2.75, 3.05) is 0 Å². The van der Waals surface area contributed by atoms with Crippen LogP contribution in [0.2, 0.25) is 5.02 Å². The van der Waals surface area contributed by atoms with Crippen molar-refractivity contribution >= 4 is 40.5 Å². The number of rotatable bonds is 2. The number of hydrogen-bond donors (Lipinski definition) is 0. The average Bonchev–Trinajstić information content (AvgIpc) is 2.68. The summed E-state index contributed by atoms with van der Waals surface area (Å²) in [6.07, 6.45) is 0. The fourth-order valence-corrected chi connectivity index (χ4v) is 2.77. The lowest BCUT2D eigenvalue weighted by molar-refractivity contribution is -0.132. The summed E-state index contributed by atoms with van der Waals surface area (Å²) in [6.45, 7) is 4.45. The van der Waals surface area contributed by atoms with Gasteiger partial charge in [0.05, 0.1) is 10.6 Å². The zero-order valence-electron chi connectivity index (χ0n) is 11.7. The topological polar surface area (TPSA) is 60.7 Å². The summed E-state index contributed by atoms with van der Waals surface area (Å²) < 4.78 is 6.40. The Balaban J connectivity index is 2.60. The number of aromatic nitrogens is 1. The molecule has 0 saturated heterocycles. The van der Waals surface area contributed by atoms with Crippen LogP contribution in [0.15, 0.2) is 29.3 Å². The second-order valence-corrected chi connectivity index (χ2v) is 5.90. The summed E-state index contributed by atoms with van der Waals surface area (Å²) in [5, 5.41) is 0.608. The molecule has 0 N–H and O–H groups in total. The molecule has 0 saturated carbocycles. The zero-order valence-corrected chi connectivity index (χ0v) is 13.3. The van der Waals surface area contributed by atoms with Crippen LogP contribution in [-0.2, 0) is 4.79 Å². The van der Waals surface area contributed by atoms with Crippen LogP contribution in [0.1, 0.15) is 23.5 Å². The SMILES string of the molecule is CC(=O)Oc1c(C)sc(=Nc2ccc(Cl)cc2)n1C(C)=O. The van der Waals surface area contributed by atoms with Gasteiger partial charge in [0.15, 0.2) is 4.80 Å². The van der Waals surface area contributed by atoms with Crippen LogP contribution in [-0.4, -0.2) is 16.4 Å². The molecule has 0 aliphatic rings. The van der Waals surface area contributed by atoms with Crippen molar-refractivity contribution in [3.05, 3.63) is 39.0 Å². The van der Waals surface area contributed by atoms with Gasteiger partial charge in [-0.05, 0) is 31.2 Å². The lowest BCUT2D eigenvalue weighted by Gasteiger charge is -2.04. The van der Waals surface area contributed by atoms with Crippen LogP contribution in [0.3, 0.4) is 0 Å². The Hall–Kier alpha value is -1.92. The van der Waals surface area contributed by atoms with E-state index in [9.17, 15) is 9.59 Å². The summed E-state index contributed by atoms with van der Waals surface area (Å²) in [4.78, 5) is 28.5. The minimum absolute atomic E-state index is 0.215. The summed E-state index contributed by atoms with van der Waals surface area (Å²) in [6, 6.07) is 6.92. The number of carbonyl (C=O) groups is 2. The van der Waals surface area contributed by atoms with Gasteiger partial charge in [-0.2, -0.15) is 0 Å². The van der Waals surface area contributed by atoms with E-state index >= 15 is 0 Å². The monoisotopic (exact) mass is 324 g/mol. The largest absolute Gasteiger partial charge is 0.408 e. The van der Waals surface area contributed by atoms with Gasteiger partial charge >= 0.3 is 5.97 Å². The second-order valence-electron chi connectivity index (χ2n) is 4.28. The first-order valence-electron chi connectivity index (χ1n) is 6.10. The molecule has 1 aromatic carbocycles. The third kappa shape index (κ3) is 3.59. The maximum Gasteiger partial charge on any atom is 0.309 e. The van der Waals surface area contributed by atoms with Crippen molar-refractivity contribution in [1.82, 2.24) is 4.57 Å². The van der Waals surface area contributed by atoms with Gasteiger partial charge < -0.3 is 4.74 Å². The van der Waals surface area contributed by atoms with Gasteiger partial charge in [-0.3, -0.25) is 9.59 Å². The Morgan fingerprint density at radius 1 is 1.24 bits per heavy atom. The molecule has 7 heteroatoms. The Morgan fingerprint density at radius 2 is 1.86 bits per heavy atom. The fraction of sp³-hybridized carbons (Fsp3) is 0.214. The van der Waals surface area contributed by atoms with Crippen LogP contribution in [0.5, 0.6) is 5.88 Å². The molecule has 0 aliphatic heterocycles. The van der Waals surface area contributed by atoms with E-state index in [-0.39, 0.29) is 11.8 Å². The van der Waals surface area contributed by atoms with Crippen molar-refractivity contribution in [1.29, 1.82) is 0 Å². The van der Waals surface area contributed by atoms with Gasteiger partial charge in [-0.15, -0.1) is 0 Å². The van der Waals surface area contributed by atoms with Gasteiger partial charge in [0, 0.05) is 18.9 Å². The highest BCUT2D eigenvalue weighted by molar-refractivity contribution is 7.09. The molecule has 0 amide bonds. The molecule has 0 spiro atoms. The smallest absolute Gasteiger partial charge is 0.309 e. The number of halogens is 1. The van der Waals surface area contributed by atoms with Gasteiger partial charge in [0.1, 0.15) is 0 Å². The van der Waals surface area contributed by atoms with E-state index < -0.39 is 5.97 Å². The van der Waals surface area contributed by atoms with Crippen molar-refractivity contribution in [2.24, 2.45) is 4.99 Å². The number of nitrogens with zero attached hydrogens (tertiary/aromatic N) is 2. The molecule has 5 nitrogen and oxygen atoms in total. The first-order chi connectivity index (χ1) is 9.88. The molecule has 0 atom stereocenters. The Bertz CT molecular complexity index is 760. The average molecular weight is 325 g/mol. The number of ether oxygens (including phenoxy) is 1. The lowest BCUT2D eigenvalue weighted by Crippen LogP contribution is -2.22. The number of hydrogen-bond acceptors (Lipinski definition) is 5. The Labute approximate surface area is 130 Å². The summed E-state index contributed by atoms with van der Waals surface area (Å²) >= 11 is 7.10. The molecule has 0 fully saturated rings. The van der Waals surface area contributed by atoms with E-state index in [4.69, 9.17) is 16.3 Å². The molecule has 0 bridgehead atoms. The van der Waals surface area contributed by atoms with Crippen molar-refractivity contribution in [3.63, 3.8) is 0 Å². The normalized spacial score (nSPS) is 11.5. The number of thiazole rings is 1. The third-order valence-corrected chi connectivity index (χ3v) is 3.74. The highest BCUT2D eigenvalue weighted by atomic mass is 35.5. The molecule has 2 rings (SSSR count). The van der Waals surface area contributed by atoms with Crippen LogP contribution in [0.25, 0.3) is 0 Å². The number of aryl methyl sites for hydroxylation is 1. The van der Waals surface area contributed by atoms with Crippen LogP contribution >= 0.6 is 22.9 Å². The molecule has 21 heavy (non-hydrogen) atoms. The highest BCUT2D eigenvalue weighted by Crippen LogP contribution is 2.22. The molecule has 0 aliphatic carbocycles.